The van der Waals surface area contributed by atoms with Gasteiger partial charge in [0.25, 0.3) is 14.6 Å². The molecule has 0 aliphatic heterocycles. The summed E-state index contributed by atoms with van der Waals surface area (Å²) in [4.78, 5) is 12.7. The van der Waals surface area contributed by atoms with Gasteiger partial charge in [-0.15, -0.1) is 0 Å². The van der Waals surface area contributed by atoms with Crippen LogP contribution < -0.4 is 5.56 Å². The molecular weight excluding hydrogens is 269 g/mol. The van der Waals surface area contributed by atoms with Crippen molar-refractivity contribution in [3.63, 3.8) is 0 Å². The van der Waals surface area contributed by atoms with E-state index < -0.39 is 19.5 Å². The molecule has 12 heavy (non-hydrogen) atoms. The van der Waals surface area contributed by atoms with Crippen molar-refractivity contribution in [3.05, 3.63) is 27.1 Å². The topological polar surface area (TPSA) is 67.0 Å². The minimum absolute atomic E-state index is 0.154. The van der Waals surface area contributed by atoms with E-state index in [0.29, 0.717) is 0 Å². The van der Waals surface area contributed by atoms with Crippen LogP contribution in [0.4, 0.5) is 0 Å². The molecule has 0 spiro atoms. The molecule has 0 aliphatic rings. The van der Waals surface area contributed by atoms with Gasteiger partial charge in [0.05, 0.1) is 0 Å². The van der Waals surface area contributed by atoms with Crippen molar-refractivity contribution in [3.8, 4) is 0 Å². The van der Waals surface area contributed by atoms with Gasteiger partial charge in [-0.25, -0.2) is 8.42 Å². The van der Waals surface area contributed by atoms with E-state index >= 15 is 0 Å². The second-order valence-electron chi connectivity index (χ2n) is 1.92. The Morgan fingerprint density at radius 2 is 2.08 bits per heavy atom. The van der Waals surface area contributed by atoms with Gasteiger partial charge in [-0.3, -0.25) is 4.79 Å². The molecule has 1 aromatic rings. The first-order valence-corrected chi connectivity index (χ1v) is 5.85. The number of H-pyrrole nitrogens is 1. The average Bonchev–Trinajstić information content (AvgIpc) is 1.82. The molecule has 1 rings (SSSR count). The third kappa shape index (κ3) is 1.88. The van der Waals surface area contributed by atoms with Gasteiger partial charge in [0.2, 0.25) is 0 Å². The van der Waals surface area contributed by atoms with Gasteiger partial charge in [-0.05, 0) is 22.0 Å². The average molecular weight is 273 g/mol. The number of nitrogens with one attached hydrogen (secondary N) is 1. The van der Waals surface area contributed by atoms with Crippen LogP contribution in [-0.2, 0) is 9.05 Å². The molecule has 66 valence electrons. The third-order valence-corrected chi connectivity index (χ3v) is 3.39. The molecule has 0 aromatic carbocycles. The molecule has 0 saturated carbocycles. The van der Waals surface area contributed by atoms with Crippen LogP contribution >= 0.6 is 26.6 Å². The van der Waals surface area contributed by atoms with Gasteiger partial charge in [-0.2, -0.15) is 0 Å². The fourth-order valence-electron chi connectivity index (χ4n) is 0.667. The van der Waals surface area contributed by atoms with Gasteiger partial charge in [0.1, 0.15) is 0 Å². The first-order chi connectivity index (χ1) is 5.43. The Morgan fingerprint density at radius 1 is 1.50 bits per heavy atom. The van der Waals surface area contributed by atoms with E-state index in [4.69, 9.17) is 10.7 Å². The lowest BCUT2D eigenvalue weighted by Gasteiger charge is -1.96. The Hall–Kier alpha value is -0.330. The highest BCUT2D eigenvalue weighted by molar-refractivity contribution is 9.10. The zero-order valence-corrected chi connectivity index (χ0v) is 8.70. The Balaban J connectivity index is 3.65. The normalized spacial score (nSPS) is 11.5. The van der Waals surface area contributed by atoms with Gasteiger partial charge in [0.15, 0.2) is 4.90 Å². The zero-order valence-electron chi connectivity index (χ0n) is 5.54. The molecule has 0 amide bonds. The van der Waals surface area contributed by atoms with Gasteiger partial charge < -0.3 is 4.98 Å². The predicted molar refractivity (Wildman–Crippen MR) is 47.8 cm³/mol. The number of rotatable bonds is 1. The zero-order chi connectivity index (χ0) is 9.35. The number of hydrogen-bond donors (Lipinski definition) is 1. The van der Waals surface area contributed by atoms with E-state index in [0.717, 1.165) is 0 Å². The number of aromatic amines is 1. The summed E-state index contributed by atoms with van der Waals surface area (Å²) in [6.45, 7) is 0. The van der Waals surface area contributed by atoms with Crippen molar-refractivity contribution in [1.82, 2.24) is 4.98 Å². The van der Waals surface area contributed by atoms with Crippen LogP contribution in [-0.4, -0.2) is 13.4 Å². The second-order valence-corrected chi connectivity index (χ2v) is 5.28. The summed E-state index contributed by atoms with van der Waals surface area (Å²) in [6, 6.07) is 1.39. The highest BCUT2D eigenvalue weighted by Crippen LogP contribution is 2.19. The Kier molecular flexibility index (Phi) is 2.60. The van der Waals surface area contributed by atoms with E-state index in [2.05, 4.69) is 20.9 Å². The predicted octanol–water partition coefficient (Wildman–Crippen LogP) is 1.06. The van der Waals surface area contributed by atoms with Gasteiger partial charge in [-0.1, -0.05) is 0 Å². The maximum absolute atomic E-state index is 10.9. The fourth-order valence-corrected chi connectivity index (χ4v) is 2.94. The molecule has 0 bridgehead atoms. The van der Waals surface area contributed by atoms with Crippen molar-refractivity contribution >= 4 is 35.7 Å². The largest absolute Gasteiger partial charge is 0.328 e. The molecule has 1 aromatic heterocycles. The highest BCUT2D eigenvalue weighted by atomic mass is 79.9. The van der Waals surface area contributed by atoms with Crippen LogP contribution in [0.2, 0.25) is 0 Å². The number of pyridine rings is 1. The summed E-state index contributed by atoms with van der Waals surface area (Å²) in [5.74, 6) is 0. The molecule has 1 N–H and O–H groups in total. The Bertz CT molecular complexity index is 452. The lowest BCUT2D eigenvalue weighted by atomic mass is 10.5. The summed E-state index contributed by atoms with van der Waals surface area (Å²) < 4.78 is 21.7. The second kappa shape index (κ2) is 3.20. The Labute approximate surface area is 81.1 Å². The molecule has 0 saturated heterocycles. The third-order valence-electron chi connectivity index (χ3n) is 1.11. The van der Waals surface area contributed by atoms with Crippen molar-refractivity contribution < 1.29 is 8.42 Å². The van der Waals surface area contributed by atoms with Crippen LogP contribution in [0.3, 0.4) is 0 Å². The molecule has 0 radical (unpaired) electrons. The maximum atomic E-state index is 10.9. The van der Waals surface area contributed by atoms with Crippen LogP contribution in [0.25, 0.3) is 0 Å². The van der Waals surface area contributed by atoms with E-state index in [1.165, 1.54) is 12.3 Å². The molecule has 1 heterocycles. The summed E-state index contributed by atoms with van der Waals surface area (Å²) >= 11 is 2.90. The monoisotopic (exact) mass is 271 g/mol. The SMILES string of the molecule is O=c1[nH]ccc(Br)c1S(=O)(=O)Cl. The minimum Gasteiger partial charge on any atom is -0.328 e. The number of hydrogen-bond acceptors (Lipinski definition) is 3. The van der Waals surface area contributed by atoms with E-state index in [-0.39, 0.29) is 4.47 Å². The molecule has 0 aliphatic carbocycles. The van der Waals surface area contributed by atoms with Crippen LogP contribution in [0.1, 0.15) is 0 Å². The number of halogens is 2. The summed E-state index contributed by atoms with van der Waals surface area (Å²) in [5, 5.41) is 0. The van der Waals surface area contributed by atoms with E-state index in [1.54, 1.807) is 0 Å². The quantitative estimate of drug-likeness (QED) is 0.778. The van der Waals surface area contributed by atoms with E-state index in [9.17, 15) is 13.2 Å². The molecular formula is C5H3BrClNO3S. The number of aromatic nitrogens is 1. The first kappa shape index (κ1) is 9.76. The Morgan fingerprint density at radius 3 is 2.42 bits per heavy atom. The van der Waals surface area contributed by atoms with Crippen molar-refractivity contribution in [2.75, 3.05) is 0 Å². The molecule has 7 heteroatoms. The summed E-state index contributed by atoms with van der Waals surface area (Å²) in [6.07, 6.45) is 1.32. The maximum Gasteiger partial charge on any atom is 0.269 e. The standard InChI is InChI=1S/C5H3BrClNO3S/c6-3-1-2-8-5(9)4(3)12(7,10)11/h1-2H,(H,8,9). The van der Waals surface area contributed by atoms with Crippen molar-refractivity contribution in [1.29, 1.82) is 0 Å². The smallest absolute Gasteiger partial charge is 0.269 e. The van der Waals surface area contributed by atoms with Gasteiger partial charge >= 0.3 is 0 Å². The van der Waals surface area contributed by atoms with Crippen molar-refractivity contribution in [2.45, 2.75) is 4.90 Å². The lowest BCUT2D eigenvalue weighted by molar-refractivity contribution is 0.608. The minimum atomic E-state index is -3.98. The summed E-state index contributed by atoms with van der Waals surface area (Å²) in [5.41, 5.74) is -0.737. The molecule has 4 nitrogen and oxygen atoms in total. The molecule has 0 fully saturated rings. The van der Waals surface area contributed by atoms with E-state index in [1.807, 2.05) is 0 Å². The lowest BCUT2D eigenvalue weighted by Crippen LogP contribution is -2.14. The highest BCUT2D eigenvalue weighted by Gasteiger charge is 2.18. The van der Waals surface area contributed by atoms with Crippen molar-refractivity contribution in [2.24, 2.45) is 0 Å². The molecule has 0 atom stereocenters. The van der Waals surface area contributed by atoms with Crippen LogP contribution in [0.15, 0.2) is 26.4 Å². The first-order valence-electron chi connectivity index (χ1n) is 2.75. The summed E-state index contributed by atoms with van der Waals surface area (Å²) in [7, 11) is 1.01. The molecule has 0 unspecified atom stereocenters. The van der Waals surface area contributed by atoms with Crippen LogP contribution in [0.5, 0.6) is 0 Å². The fraction of sp³-hybridized carbons (Fsp3) is 0. The van der Waals surface area contributed by atoms with Crippen LogP contribution in [0, 0.1) is 0 Å². The van der Waals surface area contributed by atoms with Gasteiger partial charge in [0, 0.05) is 21.4 Å².